The first-order chi connectivity index (χ1) is 9.61. The van der Waals surface area contributed by atoms with Crippen LogP contribution in [0.5, 0.6) is 0 Å². The number of piperazine rings is 1. The molecule has 0 aliphatic carbocycles. The van der Waals surface area contributed by atoms with Crippen LogP contribution in [0.4, 0.5) is 5.69 Å². The number of ether oxygens (including phenoxy) is 1. The number of methoxy groups -OCH3 is 1. The van der Waals surface area contributed by atoms with E-state index in [0.29, 0.717) is 13.1 Å². The van der Waals surface area contributed by atoms with Crippen LogP contribution in [-0.2, 0) is 9.53 Å². The van der Waals surface area contributed by atoms with E-state index in [0.717, 1.165) is 23.8 Å². The molecule has 1 aliphatic heterocycles. The highest BCUT2D eigenvalue weighted by Crippen LogP contribution is 2.19. The van der Waals surface area contributed by atoms with Crippen molar-refractivity contribution in [3.8, 4) is 0 Å². The van der Waals surface area contributed by atoms with Crippen molar-refractivity contribution in [3.63, 3.8) is 0 Å². The zero-order valence-electron chi connectivity index (χ0n) is 11.6. The van der Waals surface area contributed by atoms with Gasteiger partial charge in [-0.25, -0.2) is 0 Å². The molecule has 0 bridgehead atoms. The van der Waals surface area contributed by atoms with Gasteiger partial charge < -0.3 is 20.3 Å². The normalized spacial score (nSPS) is 17.1. The Hall–Kier alpha value is -1.30. The minimum atomic E-state index is -0.568. The third-order valence-corrected chi connectivity index (χ3v) is 3.70. The van der Waals surface area contributed by atoms with Gasteiger partial charge in [0.2, 0.25) is 5.91 Å². The van der Waals surface area contributed by atoms with E-state index in [4.69, 9.17) is 22.1 Å². The molecule has 1 atom stereocenters. The lowest BCUT2D eigenvalue weighted by atomic mass is 10.2. The van der Waals surface area contributed by atoms with Gasteiger partial charge in [0.15, 0.2) is 0 Å². The molecule has 1 aromatic carbocycles. The van der Waals surface area contributed by atoms with Crippen molar-refractivity contribution in [2.45, 2.75) is 6.04 Å². The Morgan fingerprint density at radius 1 is 1.30 bits per heavy atom. The van der Waals surface area contributed by atoms with Crippen LogP contribution in [0, 0.1) is 0 Å². The van der Waals surface area contributed by atoms with E-state index in [-0.39, 0.29) is 12.5 Å². The average Bonchev–Trinajstić information content (AvgIpc) is 2.48. The number of rotatable bonds is 4. The fraction of sp³-hybridized carbons (Fsp3) is 0.500. The lowest BCUT2D eigenvalue weighted by molar-refractivity contribution is -0.134. The van der Waals surface area contributed by atoms with Gasteiger partial charge in [-0.15, -0.1) is 0 Å². The number of carbonyl (C=O) groups excluding carboxylic acids is 1. The Bertz CT molecular complexity index is 444. The fourth-order valence-corrected chi connectivity index (χ4v) is 2.45. The van der Waals surface area contributed by atoms with Crippen molar-refractivity contribution in [2.24, 2.45) is 5.73 Å². The molecule has 1 fully saturated rings. The van der Waals surface area contributed by atoms with E-state index < -0.39 is 6.04 Å². The average molecular weight is 298 g/mol. The quantitative estimate of drug-likeness (QED) is 0.899. The molecule has 0 saturated carbocycles. The molecule has 0 spiro atoms. The molecule has 5 nitrogen and oxygen atoms in total. The molecular weight excluding hydrogens is 278 g/mol. The van der Waals surface area contributed by atoms with Crippen LogP contribution in [0.15, 0.2) is 24.3 Å². The van der Waals surface area contributed by atoms with Crippen molar-refractivity contribution in [3.05, 3.63) is 29.3 Å². The highest BCUT2D eigenvalue weighted by Gasteiger charge is 2.25. The number of hydrogen-bond acceptors (Lipinski definition) is 4. The Labute approximate surface area is 124 Å². The second-order valence-electron chi connectivity index (χ2n) is 4.85. The summed E-state index contributed by atoms with van der Waals surface area (Å²) in [6.07, 6.45) is 0. The highest BCUT2D eigenvalue weighted by atomic mass is 35.5. The van der Waals surface area contributed by atoms with E-state index in [2.05, 4.69) is 4.90 Å². The van der Waals surface area contributed by atoms with Crippen molar-refractivity contribution in [1.29, 1.82) is 0 Å². The molecule has 2 N–H and O–H groups in total. The maximum atomic E-state index is 12.1. The standard InChI is InChI=1S/C14H20ClN3O2/c1-20-10-13(16)14(19)18-8-6-17(7-9-18)12-4-2-11(15)3-5-12/h2-5,13H,6-10,16H2,1H3. The van der Waals surface area contributed by atoms with Gasteiger partial charge in [-0.2, -0.15) is 0 Å². The van der Waals surface area contributed by atoms with Crippen LogP contribution >= 0.6 is 11.6 Å². The van der Waals surface area contributed by atoms with Crippen LogP contribution in [0.25, 0.3) is 0 Å². The van der Waals surface area contributed by atoms with Gasteiger partial charge in [-0.05, 0) is 24.3 Å². The summed E-state index contributed by atoms with van der Waals surface area (Å²) in [6.45, 7) is 3.22. The zero-order chi connectivity index (χ0) is 14.5. The first kappa shape index (κ1) is 15.1. The van der Waals surface area contributed by atoms with Gasteiger partial charge in [0.1, 0.15) is 6.04 Å². The number of carbonyl (C=O) groups is 1. The topological polar surface area (TPSA) is 58.8 Å². The maximum Gasteiger partial charge on any atom is 0.241 e. The van der Waals surface area contributed by atoms with Crippen molar-refractivity contribution < 1.29 is 9.53 Å². The van der Waals surface area contributed by atoms with Gasteiger partial charge >= 0.3 is 0 Å². The second-order valence-corrected chi connectivity index (χ2v) is 5.29. The third-order valence-electron chi connectivity index (χ3n) is 3.45. The number of nitrogens with two attached hydrogens (primary N) is 1. The smallest absolute Gasteiger partial charge is 0.241 e. The second kappa shape index (κ2) is 6.92. The van der Waals surface area contributed by atoms with Crippen LogP contribution < -0.4 is 10.6 Å². The lowest BCUT2D eigenvalue weighted by Gasteiger charge is -2.37. The molecule has 110 valence electrons. The summed E-state index contributed by atoms with van der Waals surface area (Å²) in [5.74, 6) is -0.0393. The number of benzene rings is 1. The summed E-state index contributed by atoms with van der Waals surface area (Å²) in [4.78, 5) is 16.1. The Balaban J connectivity index is 1.89. The minimum Gasteiger partial charge on any atom is -0.383 e. The summed E-state index contributed by atoms with van der Waals surface area (Å²) in [5.41, 5.74) is 6.90. The minimum absolute atomic E-state index is 0.0393. The predicted molar refractivity (Wildman–Crippen MR) is 80.1 cm³/mol. The summed E-state index contributed by atoms with van der Waals surface area (Å²) in [5, 5.41) is 0.730. The number of nitrogens with zero attached hydrogens (tertiary/aromatic N) is 2. The van der Waals surface area contributed by atoms with Crippen molar-refractivity contribution in [1.82, 2.24) is 4.90 Å². The van der Waals surface area contributed by atoms with Crippen LogP contribution in [-0.4, -0.2) is 56.7 Å². The van der Waals surface area contributed by atoms with E-state index in [1.165, 1.54) is 0 Å². The zero-order valence-corrected chi connectivity index (χ0v) is 12.3. The SMILES string of the molecule is COCC(N)C(=O)N1CCN(c2ccc(Cl)cc2)CC1. The number of amides is 1. The molecule has 1 unspecified atom stereocenters. The molecule has 0 radical (unpaired) electrons. The van der Waals surface area contributed by atoms with Crippen LogP contribution in [0.2, 0.25) is 5.02 Å². The predicted octanol–water partition coefficient (Wildman–Crippen LogP) is 0.962. The highest BCUT2D eigenvalue weighted by molar-refractivity contribution is 6.30. The number of anilines is 1. The van der Waals surface area contributed by atoms with E-state index >= 15 is 0 Å². The molecule has 1 aliphatic rings. The Morgan fingerprint density at radius 3 is 2.45 bits per heavy atom. The molecule has 2 rings (SSSR count). The van der Waals surface area contributed by atoms with E-state index in [1.807, 2.05) is 24.3 Å². The lowest BCUT2D eigenvalue weighted by Crippen LogP contribution is -2.54. The van der Waals surface area contributed by atoms with Crippen LogP contribution in [0.3, 0.4) is 0 Å². The summed E-state index contributed by atoms with van der Waals surface area (Å²) >= 11 is 5.88. The third kappa shape index (κ3) is 3.62. The molecule has 0 aromatic heterocycles. The molecule has 1 amide bonds. The molecular formula is C14H20ClN3O2. The van der Waals surface area contributed by atoms with Gasteiger partial charge in [-0.1, -0.05) is 11.6 Å². The number of hydrogen-bond donors (Lipinski definition) is 1. The van der Waals surface area contributed by atoms with Gasteiger partial charge in [-0.3, -0.25) is 4.79 Å². The Kier molecular flexibility index (Phi) is 5.23. The van der Waals surface area contributed by atoms with E-state index in [1.54, 1.807) is 12.0 Å². The molecule has 1 heterocycles. The summed E-state index contributed by atoms with van der Waals surface area (Å²) < 4.78 is 4.92. The van der Waals surface area contributed by atoms with Crippen molar-refractivity contribution in [2.75, 3.05) is 44.8 Å². The van der Waals surface area contributed by atoms with Crippen molar-refractivity contribution >= 4 is 23.2 Å². The Morgan fingerprint density at radius 2 is 1.90 bits per heavy atom. The fourth-order valence-electron chi connectivity index (χ4n) is 2.32. The number of halogens is 1. The van der Waals surface area contributed by atoms with Gasteiger partial charge in [0.05, 0.1) is 6.61 Å². The van der Waals surface area contributed by atoms with Gasteiger partial charge in [0, 0.05) is 44.0 Å². The molecule has 20 heavy (non-hydrogen) atoms. The summed E-state index contributed by atoms with van der Waals surface area (Å²) in [7, 11) is 1.55. The molecule has 1 aromatic rings. The maximum absolute atomic E-state index is 12.1. The first-order valence-electron chi connectivity index (χ1n) is 6.65. The van der Waals surface area contributed by atoms with Gasteiger partial charge in [0.25, 0.3) is 0 Å². The largest absolute Gasteiger partial charge is 0.383 e. The molecule has 1 saturated heterocycles. The monoisotopic (exact) mass is 297 g/mol. The van der Waals surface area contributed by atoms with Crippen LogP contribution in [0.1, 0.15) is 0 Å². The van der Waals surface area contributed by atoms with E-state index in [9.17, 15) is 4.79 Å². The molecule has 6 heteroatoms. The summed E-state index contributed by atoms with van der Waals surface area (Å²) in [6, 6.07) is 7.18. The first-order valence-corrected chi connectivity index (χ1v) is 7.03.